The quantitative estimate of drug-likeness (QED) is 0.655. The van der Waals surface area contributed by atoms with Gasteiger partial charge in [0.15, 0.2) is 0 Å². The summed E-state index contributed by atoms with van der Waals surface area (Å²) in [5.41, 5.74) is 4.64. The predicted octanol–water partition coefficient (Wildman–Crippen LogP) is 2.18. The molecule has 5 nitrogen and oxygen atoms in total. The Labute approximate surface area is 120 Å². The molecule has 0 saturated carbocycles. The van der Waals surface area contributed by atoms with E-state index in [0.29, 0.717) is 17.2 Å². The number of hydrogen-bond donors (Lipinski definition) is 2. The summed E-state index contributed by atoms with van der Waals surface area (Å²) in [4.78, 5) is 18.7. The van der Waals surface area contributed by atoms with Crippen LogP contribution < -0.4 is 11.3 Å². The second-order valence-electron chi connectivity index (χ2n) is 5.89. The van der Waals surface area contributed by atoms with E-state index in [-0.39, 0.29) is 5.91 Å². The van der Waals surface area contributed by atoms with Crippen molar-refractivity contribution in [2.75, 3.05) is 18.5 Å². The van der Waals surface area contributed by atoms with Crippen molar-refractivity contribution in [2.24, 2.45) is 17.7 Å². The molecule has 0 unspecified atom stereocenters. The molecule has 20 heavy (non-hydrogen) atoms. The number of nitrogens with zero attached hydrogens (tertiary/aromatic N) is 2. The molecule has 0 aliphatic carbocycles. The Hall–Kier alpha value is -1.62. The van der Waals surface area contributed by atoms with Crippen molar-refractivity contribution >= 4 is 11.6 Å². The number of anilines is 1. The maximum atomic E-state index is 12.6. The van der Waals surface area contributed by atoms with Crippen LogP contribution >= 0.6 is 0 Å². The number of nitrogen functional groups attached to an aromatic ring is 1. The number of aryl methyl sites for hydroxylation is 1. The van der Waals surface area contributed by atoms with Gasteiger partial charge in [-0.05, 0) is 37.7 Å². The van der Waals surface area contributed by atoms with Crippen LogP contribution in [0.2, 0.25) is 0 Å². The van der Waals surface area contributed by atoms with Crippen LogP contribution in [0.3, 0.4) is 0 Å². The maximum Gasteiger partial charge on any atom is 0.257 e. The largest absolute Gasteiger partial charge is 0.339 e. The molecule has 0 aromatic carbocycles. The molecule has 1 amide bonds. The van der Waals surface area contributed by atoms with E-state index < -0.39 is 0 Å². The lowest BCUT2D eigenvalue weighted by atomic mass is 9.86. The minimum absolute atomic E-state index is 0.0210. The topological polar surface area (TPSA) is 71.2 Å². The summed E-state index contributed by atoms with van der Waals surface area (Å²) >= 11 is 0. The number of likely N-dealkylation sites (tertiary alicyclic amines) is 1. The zero-order valence-corrected chi connectivity index (χ0v) is 12.5. The highest BCUT2D eigenvalue weighted by Crippen LogP contribution is 2.26. The van der Waals surface area contributed by atoms with Gasteiger partial charge in [-0.2, -0.15) is 0 Å². The van der Waals surface area contributed by atoms with Gasteiger partial charge in [-0.3, -0.25) is 15.6 Å². The average Bonchev–Trinajstić information content (AvgIpc) is 2.46. The van der Waals surface area contributed by atoms with E-state index in [9.17, 15) is 4.79 Å². The third-order valence-corrected chi connectivity index (χ3v) is 4.20. The molecule has 0 atom stereocenters. The second-order valence-corrected chi connectivity index (χ2v) is 5.89. The number of pyridine rings is 1. The normalized spacial score (nSPS) is 16.6. The van der Waals surface area contributed by atoms with Crippen LogP contribution in [-0.4, -0.2) is 28.9 Å². The fourth-order valence-electron chi connectivity index (χ4n) is 2.79. The van der Waals surface area contributed by atoms with Crippen molar-refractivity contribution in [3.05, 3.63) is 23.5 Å². The fraction of sp³-hybridized carbons (Fsp3) is 0.600. The first-order chi connectivity index (χ1) is 9.52. The number of nitrogens with one attached hydrogen (secondary N) is 1. The minimum atomic E-state index is 0.0210. The Balaban J connectivity index is 2.09. The molecule has 0 spiro atoms. The number of amides is 1. The maximum absolute atomic E-state index is 12.6. The summed E-state index contributed by atoms with van der Waals surface area (Å²) in [5, 5.41) is 0. The molecule has 0 radical (unpaired) electrons. The third-order valence-electron chi connectivity index (χ3n) is 4.20. The lowest BCUT2D eigenvalue weighted by Gasteiger charge is -2.34. The molecule has 5 heteroatoms. The smallest absolute Gasteiger partial charge is 0.257 e. The van der Waals surface area contributed by atoms with E-state index >= 15 is 0 Å². The molecule has 1 aliphatic rings. The molecule has 1 aromatic heterocycles. The van der Waals surface area contributed by atoms with Crippen molar-refractivity contribution in [2.45, 2.75) is 33.6 Å². The Morgan fingerprint density at radius 3 is 2.65 bits per heavy atom. The molecule has 2 heterocycles. The van der Waals surface area contributed by atoms with Crippen LogP contribution in [0.15, 0.2) is 12.3 Å². The van der Waals surface area contributed by atoms with Gasteiger partial charge in [0.05, 0.1) is 11.3 Å². The van der Waals surface area contributed by atoms with Gasteiger partial charge in [-0.25, -0.2) is 0 Å². The van der Waals surface area contributed by atoms with Crippen molar-refractivity contribution < 1.29 is 4.79 Å². The number of carbonyl (C=O) groups excluding carboxylic acids is 1. The Bertz CT molecular complexity index is 479. The SMILES string of the molecule is Cc1cc(NN)c(C(=O)N2CCC(C(C)C)CC2)cn1. The summed E-state index contributed by atoms with van der Waals surface area (Å²) in [7, 11) is 0. The van der Waals surface area contributed by atoms with Gasteiger partial charge in [-0.15, -0.1) is 0 Å². The average molecular weight is 276 g/mol. The number of carbonyl (C=O) groups is 1. The highest BCUT2D eigenvalue weighted by molar-refractivity contribution is 5.99. The molecule has 3 N–H and O–H groups in total. The van der Waals surface area contributed by atoms with Gasteiger partial charge < -0.3 is 10.3 Å². The van der Waals surface area contributed by atoms with Crippen molar-refractivity contribution in [3.8, 4) is 0 Å². The van der Waals surface area contributed by atoms with E-state index in [1.807, 2.05) is 11.8 Å². The lowest BCUT2D eigenvalue weighted by molar-refractivity contribution is 0.0668. The standard InChI is InChI=1S/C15H24N4O/c1-10(2)12-4-6-19(7-5-12)15(20)13-9-17-11(3)8-14(13)18-16/h8-10,12H,4-7,16H2,1-3H3,(H,17,18). The summed E-state index contributed by atoms with van der Waals surface area (Å²) in [6.45, 7) is 8.02. The zero-order valence-electron chi connectivity index (χ0n) is 12.5. The van der Waals surface area contributed by atoms with Crippen molar-refractivity contribution in [3.63, 3.8) is 0 Å². The molecule has 110 valence electrons. The fourth-order valence-corrected chi connectivity index (χ4v) is 2.79. The van der Waals surface area contributed by atoms with Gasteiger partial charge in [0, 0.05) is 25.0 Å². The van der Waals surface area contributed by atoms with Crippen LogP contribution in [0.5, 0.6) is 0 Å². The first kappa shape index (κ1) is 14.8. The van der Waals surface area contributed by atoms with E-state index in [4.69, 9.17) is 5.84 Å². The first-order valence-corrected chi connectivity index (χ1v) is 7.25. The summed E-state index contributed by atoms with van der Waals surface area (Å²) in [5.74, 6) is 6.93. The minimum Gasteiger partial charge on any atom is -0.339 e. The molecule has 1 fully saturated rings. The molecule has 2 rings (SSSR count). The molecule has 0 bridgehead atoms. The van der Waals surface area contributed by atoms with Crippen LogP contribution in [0, 0.1) is 18.8 Å². The van der Waals surface area contributed by atoms with Crippen molar-refractivity contribution in [1.82, 2.24) is 9.88 Å². The van der Waals surface area contributed by atoms with E-state index in [1.54, 1.807) is 12.3 Å². The van der Waals surface area contributed by atoms with Gasteiger partial charge in [0.1, 0.15) is 0 Å². The Morgan fingerprint density at radius 2 is 2.10 bits per heavy atom. The predicted molar refractivity (Wildman–Crippen MR) is 80.2 cm³/mol. The van der Waals surface area contributed by atoms with Crippen molar-refractivity contribution in [1.29, 1.82) is 0 Å². The molecule has 1 saturated heterocycles. The number of nitrogens with two attached hydrogens (primary N) is 1. The zero-order chi connectivity index (χ0) is 14.7. The van der Waals surface area contributed by atoms with Crippen LogP contribution in [-0.2, 0) is 0 Å². The highest BCUT2D eigenvalue weighted by Gasteiger charge is 2.26. The number of hydrazine groups is 1. The Morgan fingerprint density at radius 1 is 1.45 bits per heavy atom. The van der Waals surface area contributed by atoms with E-state index in [0.717, 1.165) is 37.5 Å². The lowest BCUT2D eigenvalue weighted by Crippen LogP contribution is -2.40. The Kier molecular flexibility index (Phi) is 4.60. The summed E-state index contributed by atoms with van der Waals surface area (Å²) in [6.07, 6.45) is 3.77. The van der Waals surface area contributed by atoms with Crippen LogP contribution in [0.25, 0.3) is 0 Å². The van der Waals surface area contributed by atoms with E-state index in [1.165, 1.54) is 0 Å². The second kappa shape index (κ2) is 6.22. The van der Waals surface area contributed by atoms with Crippen LogP contribution in [0.1, 0.15) is 42.7 Å². The van der Waals surface area contributed by atoms with E-state index in [2.05, 4.69) is 24.3 Å². The number of rotatable bonds is 3. The van der Waals surface area contributed by atoms with Crippen LogP contribution in [0.4, 0.5) is 5.69 Å². The highest BCUT2D eigenvalue weighted by atomic mass is 16.2. The third kappa shape index (κ3) is 3.10. The van der Waals surface area contributed by atoms with Gasteiger partial charge in [0.2, 0.25) is 0 Å². The molecular formula is C15H24N4O. The molecular weight excluding hydrogens is 252 g/mol. The number of hydrogen-bond acceptors (Lipinski definition) is 4. The van der Waals surface area contributed by atoms with Gasteiger partial charge >= 0.3 is 0 Å². The monoisotopic (exact) mass is 276 g/mol. The molecule has 1 aliphatic heterocycles. The number of piperidine rings is 1. The first-order valence-electron chi connectivity index (χ1n) is 7.25. The molecule has 1 aromatic rings. The summed E-state index contributed by atoms with van der Waals surface area (Å²) in [6, 6.07) is 1.80. The summed E-state index contributed by atoms with van der Waals surface area (Å²) < 4.78 is 0. The van der Waals surface area contributed by atoms with Gasteiger partial charge in [-0.1, -0.05) is 13.8 Å². The van der Waals surface area contributed by atoms with Gasteiger partial charge in [0.25, 0.3) is 5.91 Å². The number of aromatic nitrogens is 1.